The number of carbonyl (C=O) groups excluding carboxylic acids is 2. The van der Waals surface area contributed by atoms with Gasteiger partial charge >= 0.3 is 0 Å². The SMILES string of the molecule is CC/C(=C\C=C(\C(=O)N1CCCC(O)CC1)C(C)C)C(=O)NC(C)C1=NC2C=CC(Cl)=CC(=C2)N1. The minimum atomic E-state index is -0.343. The lowest BCUT2D eigenvalue weighted by atomic mass is 10.00. The summed E-state index contributed by atoms with van der Waals surface area (Å²) in [5, 5.41) is 16.8. The molecular weight excluding hydrogens is 464 g/mol. The van der Waals surface area contributed by atoms with E-state index < -0.39 is 0 Å². The number of carbonyl (C=O) groups is 2. The van der Waals surface area contributed by atoms with E-state index >= 15 is 0 Å². The van der Waals surface area contributed by atoms with Crippen molar-refractivity contribution in [3.05, 3.63) is 58.3 Å². The van der Waals surface area contributed by atoms with Gasteiger partial charge < -0.3 is 20.6 Å². The number of rotatable bonds is 7. The van der Waals surface area contributed by atoms with Crippen molar-refractivity contribution in [1.29, 1.82) is 0 Å². The summed E-state index contributed by atoms with van der Waals surface area (Å²) in [5.41, 5.74) is 2.11. The second-order valence-corrected chi connectivity index (χ2v) is 9.97. The van der Waals surface area contributed by atoms with Crippen LogP contribution < -0.4 is 10.6 Å². The molecule has 0 radical (unpaired) electrons. The molecule has 0 aromatic carbocycles. The van der Waals surface area contributed by atoms with Gasteiger partial charge in [-0.15, -0.1) is 0 Å². The number of halogens is 1. The number of nitrogens with one attached hydrogen (secondary N) is 2. The van der Waals surface area contributed by atoms with E-state index in [4.69, 9.17) is 11.6 Å². The van der Waals surface area contributed by atoms with Gasteiger partial charge in [0.05, 0.1) is 18.2 Å². The highest BCUT2D eigenvalue weighted by molar-refractivity contribution is 6.31. The minimum Gasteiger partial charge on any atom is -0.393 e. The molecule has 3 atom stereocenters. The molecule has 0 aromatic heterocycles. The maximum absolute atomic E-state index is 13.2. The molecule has 0 spiro atoms. The van der Waals surface area contributed by atoms with Crippen LogP contribution >= 0.6 is 11.6 Å². The van der Waals surface area contributed by atoms with Gasteiger partial charge in [0.15, 0.2) is 0 Å². The highest BCUT2D eigenvalue weighted by atomic mass is 35.5. The van der Waals surface area contributed by atoms with Gasteiger partial charge in [-0.05, 0) is 56.8 Å². The van der Waals surface area contributed by atoms with Gasteiger partial charge in [-0.25, -0.2) is 0 Å². The number of amides is 2. The molecule has 1 aliphatic carbocycles. The number of hydrogen-bond acceptors (Lipinski definition) is 5. The topological polar surface area (TPSA) is 94.0 Å². The summed E-state index contributed by atoms with van der Waals surface area (Å²) >= 11 is 6.15. The van der Waals surface area contributed by atoms with Crippen molar-refractivity contribution in [3.63, 3.8) is 0 Å². The Hall–Kier alpha value is -2.64. The van der Waals surface area contributed by atoms with Gasteiger partial charge in [-0.3, -0.25) is 14.6 Å². The summed E-state index contributed by atoms with van der Waals surface area (Å²) in [7, 11) is 0. The molecule has 3 rings (SSSR count). The van der Waals surface area contributed by atoms with E-state index in [0.29, 0.717) is 47.9 Å². The van der Waals surface area contributed by atoms with E-state index in [2.05, 4.69) is 15.6 Å². The lowest BCUT2D eigenvalue weighted by molar-refractivity contribution is -0.127. The maximum atomic E-state index is 13.2. The summed E-state index contributed by atoms with van der Waals surface area (Å²) in [6.07, 6.45) is 13.4. The van der Waals surface area contributed by atoms with Crippen LogP contribution in [0.4, 0.5) is 0 Å². The number of aliphatic imine (C=N–C) groups is 1. The highest BCUT2D eigenvalue weighted by Crippen LogP contribution is 2.20. The summed E-state index contributed by atoms with van der Waals surface area (Å²) < 4.78 is 0. The third kappa shape index (κ3) is 7.42. The molecule has 2 amide bonds. The van der Waals surface area contributed by atoms with Gasteiger partial charge in [0.2, 0.25) is 11.8 Å². The van der Waals surface area contributed by atoms with E-state index in [1.165, 1.54) is 0 Å². The number of likely N-dealkylation sites (tertiary alicyclic amines) is 1. The lowest BCUT2D eigenvalue weighted by Gasteiger charge is -2.24. The molecule has 0 aromatic rings. The zero-order chi connectivity index (χ0) is 25.5. The van der Waals surface area contributed by atoms with Crippen LogP contribution in [0, 0.1) is 5.92 Å². The number of amidine groups is 1. The van der Waals surface area contributed by atoms with Gasteiger partial charge in [-0.2, -0.15) is 0 Å². The molecule has 8 heteroatoms. The molecule has 190 valence electrons. The molecule has 35 heavy (non-hydrogen) atoms. The molecule has 2 aliphatic heterocycles. The largest absolute Gasteiger partial charge is 0.393 e. The average molecular weight is 501 g/mol. The molecule has 3 unspecified atom stereocenters. The molecule has 1 fully saturated rings. The third-order valence-corrected chi connectivity index (χ3v) is 6.64. The quantitative estimate of drug-likeness (QED) is 0.367. The number of hydrogen-bond donors (Lipinski definition) is 3. The fourth-order valence-electron chi connectivity index (χ4n) is 4.27. The van der Waals surface area contributed by atoms with Gasteiger partial charge in [0.25, 0.3) is 0 Å². The van der Waals surface area contributed by atoms with E-state index in [-0.39, 0.29) is 35.9 Å². The predicted octanol–water partition coefficient (Wildman–Crippen LogP) is 3.73. The van der Waals surface area contributed by atoms with Crippen LogP contribution in [0.25, 0.3) is 0 Å². The fraction of sp³-hybridized carbons (Fsp3) is 0.519. The zero-order valence-electron chi connectivity index (χ0n) is 21.1. The molecule has 7 nitrogen and oxygen atoms in total. The van der Waals surface area contributed by atoms with Crippen molar-refractivity contribution in [2.24, 2.45) is 10.9 Å². The van der Waals surface area contributed by atoms with Crippen molar-refractivity contribution in [1.82, 2.24) is 15.5 Å². The molecular formula is C27H37ClN4O3. The Bertz CT molecular complexity index is 1010. The monoisotopic (exact) mass is 500 g/mol. The van der Waals surface area contributed by atoms with Crippen LogP contribution in [0.1, 0.15) is 53.4 Å². The molecule has 3 N–H and O–H groups in total. The van der Waals surface area contributed by atoms with Crippen LogP contribution in [0.2, 0.25) is 0 Å². The summed E-state index contributed by atoms with van der Waals surface area (Å²) in [6.45, 7) is 8.96. The van der Waals surface area contributed by atoms with Crippen LogP contribution in [0.5, 0.6) is 0 Å². The normalized spacial score (nSPS) is 24.0. The Morgan fingerprint density at radius 3 is 2.77 bits per heavy atom. The van der Waals surface area contributed by atoms with Gasteiger partial charge in [-0.1, -0.05) is 50.6 Å². The number of aliphatic hydroxyl groups is 1. The molecule has 3 aliphatic rings. The van der Waals surface area contributed by atoms with Gasteiger partial charge in [0, 0.05) is 35.0 Å². The number of nitrogens with zero attached hydrogens (tertiary/aromatic N) is 2. The van der Waals surface area contributed by atoms with Crippen molar-refractivity contribution >= 4 is 29.3 Å². The number of fused-ring (bicyclic) bond motifs is 1. The Balaban J connectivity index is 1.70. The second-order valence-electron chi connectivity index (χ2n) is 9.53. The second kappa shape index (κ2) is 12.4. The van der Waals surface area contributed by atoms with Crippen LogP contribution in [0.3, 0.4) is 0 Å². The standard InChI is InChI=1S/C27H37ClN4O3/c1-5-19(8-11-24(17(2)3)27(35)32-13-6-7-23(33)12-14-32)26(34)29-18(4)25-30-21-10-9-20(28)15-22(16-21)31-25/h8-11,15-18,21,23,33H,5-7,12-14H2,1-4H3,(H,29,34)(H,30,31)/b19-8+,24-11+. The van der Waals surface area contributed by atoms with Crippen LogP contribution in [0.15, 0.2) is 63.3 Å². The van der Waals surface area contributed by atoms with E-state index in [9.17, 15) is 14.7 Å². The molecule has 0 saturated carbocycles. The van der Waals surface area contributed by atoms with E-state index in [1.54, 1.807) is 12.2 Å². The Morgan fingerprint density at radius 1 is 1.29 bits per heavy atom. The first-order valence-corrected chi connectivity index (χ1v) is 12.9. The summed E-state index contributed by atoms with van der Waals surface area (Å²) in [4.78, 5) is 32.7. The van der Waals surface area contributed by atoms with Crippen molar-refractivity contribution in [2.45, 2.75) is 71.6 Å². The first kappa shape index (κ1) is 27.0. The molecule has 1 saturated heterocycles. The fourth-order valence-corrected chi connectivity index (χ4v) is 4.46. The Morgan fingerprint density at radius 2 is 2.06 bits per heavy atom. The Labute approximate surface area is 213 Å². The smallest absolute Gasteiger partial charge is 0.250 e. The molecule has 2 heterocycles. The Kier molecular flexibility index (Phi) is 9.52. The number of allylic oxidation sites excluding steroid dienone is 5. The first-order valence-electron chi connectivity index (χ1n) is 12.5. The van der Waals surface area contributed by atoms with E-state index in [0.717, 1.165) is 18.5 Å². The van der Waals surface area contributed by atoms with Crippen molar-refractivity contribution < 1.29 is 14.7 Å². The van der Waals surface area contributed by atoms with Crippen molar-refractivity contribution in [3.8, 4) is 0 Å². The number of aliphatic hydroxyl groups excluding tert-OH is 1. The summed E-state index contributed by atoms with van der Waals surface area (Å²) in [5.74, 6) is 0.463. The zero-order valence-corrected chi connectivity index (χ0v) is 21.8. The average Bonchev–Trinajstić information content (AvgIpc) is 3.10. The molecule has 2 bridgehead atoms. The lowest BCUT2D eigenvalue weighted by Crippen LogP contribution is -2.46. The maximum Gasteiger partial charge on any atom is 0.250 e. The van der Waals surface area contributed by atoms with Gasteiger partial charge in [0.1, 0.15) is 5.84 Å². The van der Waals surface area contributed by atoms with Crippen molar-refractivity contribution in [2.75, 3.05) is 13.1 Å². The van der Waals surface area contributed by atoms with E-state index in [1.807, 2.05) is 56.9 Å². The highest BCUT2D eigenvalue weighted by Gasteiger charge is 2.24. The van der Waals surface area contributed by atoms with Crippen LogP contribution in [-0.2, 0) is 9.59 Å². The third-order valence-electron chi connectivity index (χ3n) is 6.41. The first-order chi connectivity index (χ1) is 16.7. The predicted molar refractivity (Wildman–Crippen MR) is 141 cm³/mol. The minimum absolute atomic E-state index is 0.0114. The summed E-state index contributed by atoms with van der Waals surface area (Å²) in [6, 6.07) is -0.460. The van der Waals surface area contributed by atoms with Crippen LogP contribution in [-0.4, -0.2) is 58.9 Å².